The van der Waals surface area contributed by atoms with Crippen molar-refractivity contribution in [1.82, 2.24) is 0 Å². The third kappa shape index (κ3) is 4.37. The molecule has 0 heterocycles. The first-order chi connectivity index (χ1) is 12.4. The number of benzene rings is 2. The van der Waals surface area contributed by atoms with Crippen LogP contribution in [0, 0.1) is 0 Å². The van der Waals surface area contributed by atoms with Gasteiger partial charge in [0.15, 0.2) is 0 Å². The molecule has 3 rings (SSSR count). The van der Waals surface area contributed by atoms with Crippen LogP contribution in [0.2, 0.25) is 0 Å². The van der Waals surface area contributed by atoms with Crippen LogP contribution in [0.25, 0.3) is 0 Å². The van der Waals surface area contributed by atoms with Crippen LogP contribution >= 0.6 is 0 Å². The van der Waals surface area contributed by atoms with Crippen molar-refractivity contribution in [3.63, 3.8) is 0 Å². The Morgan fingerprint density at radius 2 is 1.50 bits per heavy atom. The molecule has 0 aliphatic heterocycles. The van der Waals surface area contributed by atoms with Gasteiger partial charge in [-0.3, -0.25) is 5.32 Å². The molecule has 2 aromatic rings. The Bertz CT molecular complexity index is 729. The Morgan fingerprint density at radius 1 is 0.962 bits per heavy atom. The second-order valence-electron chi connectivity index (χ2n) is 7.54. The van der Waals surface area contributed by atoms with E-state index < -0.39 is 0 Å². The highest BCUT2D eigenvalue weighted by Gasteiger charge is 2.23. The molecule has 0 unspecified atom stereocenters. The first-order valence-electron chi connectivity index (χ1n) is 9.33. The topological polar surface area (TPSA) is 58.6 Å². The van der Waals surface area contributed by atoms with Crippen molar-refractivity contribution in [2.75, 3.05) is 5.32 Å². The molecule has 1 saturated carbocycles. The second kappa shape index (κ2) is 7.81. The van der Waals surface area contributed by atoms with Gasteiger partial charge in [0.1, 0.15) is 11.9 Å². The molecule has 0 aromatic heterocycles. The van der Waals surface area contributed by atoms with Crippen LogP contribution in [-0.2, 0) is 10.2 Å². The summed E-state index contributed by atoms with van der Waals surface area (Å²) in [5, 5.41) is 12.3. The van der Waals surface area contributed by atoms with Gasteiger partial charge in [-0.2, -0.15) is 0 Å². The summed E-state index contributed by atoms with van der Waals surface area (Å²) in [5.74, 6) is 0.264. The summed E-state index contributed by atoms with van der Waals surface area (Å²) < 4.78 is 5.50. The molecule has 0 atom stereocenters. The first-order valence-corrected chi connectivity index (χ1v) is 9.33. The van der Waals surface area contributed by atoms with Gasteiger partial charge in [0.25, 0.3) is 0 Å². The molecule has 0 saturated heterocycles. The maximum atomic E-state index is 12.1. The van der Waals surface area contributed by atoms with Crippen LogP contribution in [0.15, 0.2) is 48.5 Å². The van der Waals surface area contributed by atoms with Gasteiger partial charge in [-0.1, -0.05) is 44.5 Å². The Morgan fingerprint density at radius 3 is 2.08 bits per heavy atom. The van der Waals surface area contributed by atoms with Gasteiger partial charge >= 0.3 is 6.09 Å². The van der Waals surface area contributed by atoms with E-state index >= 15 is 0 Å². The number of ether oxygens (including phenoxy) is 1. The van der Waals surface area contributed by atoms with Crippen molar-refractivity contribution >= 4 is 11.8 Å². The molecule has 138 valence electrons. The normalized spacial score (nSPS) is 15.5. The molecule has 4 heteroatoms. The molecule has 1 aliphatic rings. The number of phenols is 1. The summed E-state index contributed by atoms with van der Waals surface area (Å²) in [7, 11) is 0. The fourth-order valence-corrected chi connectivity index (χ4v) is 3.50. The molecule has 4 nitrogen and oxygen atoms in total. The third-order valence-electron chi connectivity index (χ3n) is 5.27. The Labute approximate surface area is 155 Å². The highest BCUT2D eigenvalue weighted by Crippen LogP contribution is 2.33. The van der Waals surface area contributed by atoms with E-state index in [2.05, 4.69) is 19.2 Å². The standard InChI is InChI=1S/C22H27NO3/c1-22(2,17-10-14-19(24)15-11-17)16-8-12-18(13-9-16)23-21(25)26-20-6-4-3-5-7-20/h8-15,20,24H,3-7H2,1-2H3,(H,23,25). The summed E-state index contributed by atoms with van der Waals surface area (Å²) in [6.45, 7) is 4.28. The fourth-order valence-electron chi connectivity index (χ4n) is 3.50. The van der Waals surface area contributed by atoms with Crippen molar-refractivity contribution in [1.29, 1.82) is 0 Å². The molecular formula is C22H27NO3. The zero-order valence-electron chi connectivity index (χ0n) is 15.5. The van der Waals surface area contributed by atoms with Gasteiger partial charge in [-0.05, 0) is 61.1 Å². The van der Waals surface area contributed by atoms with E-state index in [0.717, 1.165) is 42.5 Å². The second-order valence-corrected chi connectivity index (χ2v) is 7.54. The summed E-state index contributed by atoms with van der Waals surface area (Å²) in [5.41, 5.74) is 2.78. The minimum absolute atomic E-state index is 0.0523. The number of anilines is 1. The van der Waals surface area contributed by atoms with Gasteiger partial charge in [-0.25, -0.2) is 4.79 Å². The monoisotopic (exact) mass is 353 g/mol. The average molecular weight is 353 g/mol. The van der Waals surface area contributed by atoms with Crippen molar-refractivity contribution in [3.8, 4) is 5.75 Å². The summed E-state index contributed by atoms with van der Waals surface area (Å²) in [6.07, 6.45) is 5.12. The van der Waals surface area contributed by atoms with Crippen LogP contribution in [0.4, 0.5) is 10.5 Å². The Hall–Kier alpha value is -2.49. The molecule has 0 spiro atoms. The lowest BCUT2D eigenvalue weighted by Crippen LogP contribution is -2.24. The van der Waals surface area contributed by atoms with Crippen molar-refractivity contribution < 1.29 is 14.6 Å². The first kappa shape index (κ1) is 18.3. The number of amides is 1. The highest BCUT2D eigenvalue weighted by atomic mass is 16.6. The van der Waals surface area contributed by atoms with Crippen molar-refractivity contribution in [2.45, 2.75) is 57.5 Å². The fraction of sp³-hybridized carbons (Fsp3) is 0.409. The SMILES string of the molecule is CC(C)(c1ccc(O)cc1)c1ccc(NC(=O)OC2CCCCC2)cc1. The largest absolute Gasteiger partial charge is 0.508 e. The zero-order chi connectivity index (χ0) is 18.6. The van der Waals surface area contributed by atoms with Gasteiger partial charge in [0.05, 0.1) is 0 Å². The van der Waals surface area contributed by atoms with Crippen LogP contribution in [-0.4, -0.2) is 17.3 Å². The molecule has 0 radical (unpaired) electrons. The summed E-state index contributed by atoms with van der Waals surface area (Å²) in [4.78, 5) is 12.1. The lowest BCUT2D eigenvalue weighted by molar-refractivity contribution is 0.0865. The van der Waals surface area contributed by atoms with Crippen molar-refractivity contribution in [2.24, 2.45) is 0 Å². The Balaban J connectivity index is 1.64. The number of hydrogen-bond acceptors (Lipinski definition) is 3. The van der Waals surface area contributed by atoms with E-state index in [4.69, 9.17) is 4.74 Å². The number of rotatable bonds is 4. The highest BCUT2D eigenvalue weighted by molar-refractivity contribution is 5.84. The quantitative estimate of drug-likeness (QED) is 0.752. The Kier molecular flexibility index (Phi) is 5.50. The number of carbonyl (C=O) groups excluding carboxylic acids is 1. The molecule has 2 N–H and O–H groups in total. The van der Waals surface area contributed by atoms with E-state index in [1.807, 2.05) is 36.4 Å². The number of carbonyl (C=O) groups is 1. The third-order valence-corrected chi connectivity index (χ3v) is 5.27. The predicted molar refractivity (Wildman–Crippen MR) is 104 cm³/mol. The summed E-state index contributed by atoms with van der Waals surface area (Å²) in [6, 6.07) is 15.1. The van der Waals surface area contributed by atoms with Gasteiger partial charge in [0, 0.05) is 11.1 Å². The average Bonchev–Trinajstić information content (AvgIpc) is 2.63. The van der Waals surface area contributed by atoms with Gasteiger partial charge in [0.2, 0.25) is 0 Å². The molecule has 1 fully saturated rings. The van der Waals surface area contributed by atoms with Crippen LogP contribution in [0.3, 0.4) is 0 Å². The predicted octanol–water partition coefficient (Wildman–Crippen LogP) is 5.60. The van der Waals surface area contributed by atoms with Crippen LogP contribution < -0.4 is 5.32 Å². The zero-order valence-corrected chi connectivity index (χ0v) is 15.5. The lowest BCUT2D eigenvalue weighted by atomic mass is 9.78. The van der Waals surface area contributed by atoms with Crippen LogP contribution in [0.1, 0.15) is 57.1 Å². The van der Waals surface area contributed by atoms with E-state index in [-0.39, 0.29) is 23.4 Å². The molecule has 2 aromatic carbocycles. The van der Waals surface area contributed by atoms with E-state index in [0.29, 0.717) is 0 Å². The molecule has 1 amide bonds. The molecular weight excluding hydrogens is 326 g/mol. The lowest BCUT2D eigenvalue weighted by Gasteiger charge is -2.26. The van der Waals surface area contributed by atoms with Crippen LogP contribution in [0.5, 0.6) is 5.75 Å². The number of aromatic hydroxyl groups is 1. The minimum Gasteiger partial charge on any atom is -0.508 e. The molecule has 0 bridgehead atoms. The molecule has 26 heavy (non-hydrogen) atoms. The number of phenolic OH excluding ortho intramolecular Hbond substituents is 1. The van der Waals surface area contributed by atoms with Crippen molar-refractivity contribution in [3.05, 3.63) is 59.7 Å². The van der Waals surface area contributed by atoms with Gasteiger partial charge < -0.3 is 9.84 Å². The molecule has 1 aliphatic carbocycles. The smallest absolute Gasteiger partial charge is 0.411 e. The van der Waals surface area contributed by atoms with E-state index in [9.17, 15) is 9.90 Å². The number of nitrogens with one attached hydrogen (secondary N) is 1. The maximum absolute atomic E-state index is 12.1. The van der Waals surface area contributed by atoms with E-state index in [1.54, 1.807) is 12.1 Å². The van der Waals surface area contributed by atoms with Gasteiger partial charge in [-0.15, -0.1) is 0 Å². The maximum Gasteiger partial charge on any atom is 0.411 e. The minimum atomic E-state index is -0.373. The summed E-state index contributed by atoms with van der Waals surface area (Å²) >= 11 is 0. The van der Waals surface area contributed by atoms with E-state index in [1.165, 1.54) is 6.42 Å². The number of hydrogen-bond donors (Lipinski definition) is 2.